The molecule has 0 aliphatic carbocycles. The van der Waals surface area contributed by atoms with Crippen molar-refractivity contribution in [1.82, 2.24) is 9.78 Å². The molecule has 1 N–H and O–H groups in total. The zero-order valence-corrected chi connectivity index (χ0v) is 18.3. The SMILES string of the molecule is COC(=O)c1ccc(C(=O)OC)c(NC(=O)CCCn2nc(-c3cccs3)ccc2=O)c1. The summed E-state index contributed by atoms with van der Waals surface area (Å²) in [6, 6.07) is 11.1. The minimum atomic E-state index is -0.655. The molecule has 10 heteroatoms. The predicted molar refractivity (Wildman–Crippen MR) is 119 cm³/mol. The highest BCUT2D eigenvalue weighted by molar-refractivity contribution is 7.13. The molecule has 0 aliphatic rings. The van der Waals surface area contributed by atoms with Crippen LogP contribution in [0, 0.1) is 0 Å². The van der Waals surface area contributed by atoms with E-state index in [1.807, 2.05) is 17.5 Å². The average molecular weight is 455 g/mol. The number of benzene rings is 1. The molecule has 2 heterocycles. The summed E-state index contributed by atoms with van der Waals surface area (Å²) in [5.41, 5.74) is 0.849. The van der Waals surface area contributed by atoms with Crippen molar-refractivity contribution in [3.8, 4) is 10.6 Å². The maximum absolute atomic E-state index is 12.5. The average Bonchev–Trinajstić information content (AvgIpc) is 3.34. The van der Waals surface area contributed by atoms with Gasteiger partial charge in [-0.15, -0.1) is 11.3 Å². The molecule has 9 nitrogen and oxygen atoms in total. The topological polar surface area (TPSA) is 117 Å². The number of esters is 2. The van der Waals surface area contributed by atoms with E-state index >= 15 is 0 Å². The number of ether oxygens (including phenoxy) is 2. The smallest absolute Gasteiger partial charge is 0.339 e. The number of anilines is 1. The van der Waals surface area contributed by atoms with Gasteiger partial charge in [0.2, 0.25) is 5.91 Å². The monoisotopic (exact) mass is 455 g/mol. The molecule has 0 unspecified atom stereocenters. The summed E-state index contributed by atoms with van der Waals surface area (Å²) in [6.07, 6.45) is 0.414. The number of aryl methyl sites for hydroxylation is 1. The second-order valence-electron chi connectivity index (χ2n) is 6.65. The highest BCUT2D eigenvalue weighted by Crippen LogP contribution is 2.22. The van der Waals surface area contributed by atoms with Gasteiger partial charge in [0.05, 0.1) is 35.9 Å². The van der Waals surface area contributed by atoms with Gasteiger partial charge in [-0.05, 0) is 42.1 Å². The van der Waals surface area contributed by atoms with E-state index in [1.165, 1.54) is 54.5 Å². The van der Waals surface area contributed by atoms with Crippen LogP contribution in [0.5, 0.6) is 0 Å². The fourth-order valence-corrected chi connectivity index (χ4v) is 3.64. The van der Waals surface area contributed by atoms with Gasteiger partial charge < -0.3 is 14.8 Å². The number of carbonyl (C=O) groups excluding carboxylic acids is 3. The van der Waals surface area contributed by atoms with E-state index in [0.29, 0.717) is 12.1 Å². The number of aromatic nitrogens is 2. The lowest BCUT2D eigenvalue weighted by molar-refractivity contribution is -0.116. The highest BCUT2D eigenvalue weighted by atomic mass is 32.1. The number of hydrogen-bond acceptors (Lipinski definition) is 8. The Morgan fingerprint density at radius 1 is 1.06 bits per heavy atom. The number of hydrogen-bond donors (Lipinski definition) is 1. The van der Waals surface area contributed by atoms with Crippen LogP contribution in [0.1, 0.15) is 33.6 Å². The number of nitrogens with zero attached hydrogens (tertiary/aromatic N) is 2. The van der Waals surface area contributed by atoms with Crippen LogP contribution in [0.15, 0.2) is 52.6 Å². The van der Waals surface area contributed by atoms with E-state index in [4.69, 9.17) is 4.74 Å². The molecule has 166 valence electrons. The van der Waals surface area contributed by atoms with Crippen LogP contribution < -0.4 is 10.9 Å². The number of rotatable bonds is 8. The zero-order chi connectivity index (χ0) is 23.1. The molecule has 0 bridgehead atoms. The van der Waals surface area contributed by atoms with Gasteiger partial charge in [-0.25, -0.2) is 14.3 Å². The van der Waals surface area contributed by atoms with Crippen molar-refractivity contribution in [3.05, 3.63) is 69.3 Å². The minimum Gasteiger partial charge on any atom is -0.465 e. The third-order valence-electron chi connectivity index (χ3n) is 4.53. The summed E-state index contributed by atoms with van der Waals surface area (Å²) in [7, 11) is 2.45. The predicted octanol–water partition coefficient (Wildman–Crippen LogP) is 2.96. The maximum Gasteiger partial charge on any atom is 0.339 e. The molecule has 3 aromatic rings. The molecule has 1 aromatic carbocycles. The van der Waals surface area contributed by atoms with Gasteiger partial charge in [0.25, 0.3) is 5.56 Å². The van der Waals surface area contributed by atoms with Gasteiger partial charge in [-0.2, -0.15) is 5.10 Å². The molecule has 3 rings (SSSR count). The van der Waals surface area contributed by atoms with Crippen LogP contribution in [0.4, 0.5) is 5.69 Å². The summed E-state index contributed by atoms with van der Waals surface area (Å²) in [5.74, 6) is -1.65. The summed E-state index contributed by atoms with van der Waals surface area (Å²) < 4.78 is 10.7. The van der Waals surface area contributed by atoms with Gasteiger partial charge in [0, 0.05) is 19.0 Å². The molecule has 0 fully saturated rings. The lowest BCUT2D eigenvalue weighted by Gasteiger charge is -2.12. The van der Waals surface area contributed by atoms with Crippen molar-refractivity contribution >= 4 is 34.9 Å². The van der Waals surface area contributed by atoms with Gasteiger partial charge in [-0.3, -0.25) is 9.59 Å². The lowest BCUT2D eigenvalue weighted by atomic mass is 10.1. The standard InChI is InChI=1S/C22H21N3O6S/c1-30-21(28)14-7-8-15(22(29)31-2)17(13-14)23-19(26)6-3-11-25-20(27)10-9-16(24-25)18-5-4-12-32-18/h4-5,7-10,12-13H,3,6,11H2,1-2H3,(H,23,26). The van der Waals surface area contributed by atoms with Gasteiger partial charge in [0.1, 0.15) is 5.69 Å². The van der Waals surface area contributed by atoms with E-state index in [2.05, 4.69) is 15.2 Å². The van der Waals surface area contributed by atoms with E-state index in [1.54, 1.807) is 6.07 Å². The molecule has 0 aliphatic heterocycles. The zero-order valence-electron chi connectivity index (χ0n) is 17.5. The molecular weight excluding hydrogens is 434 g/mol. The largest absolute Gasteiger partial charge is 0.465 e. The summed E-state index contributed by atoms with van der Waals surface area (Å²) in [4.78, 5) is 49.3. The fourth-order valence-electron chi connectivity index (χ4n) is 2.95. The summed E-state index contributed by atoms with van der Waals surface area (Å²) in [5, 5.41) is 8.91. The van der Waals surface area contributed by atoms with Crippen LogP contribution in [0.2, 0.25) is 0 Å². The van der Waals surface area contributed by atoms with Crippen LogP contribution in [-0.4, -0.2) is 41.8 Å². The Morgan fingerprint density at radius 2 is 1.84 bits per heavy atom. The third kappa shape index (κ3) is 5.46. The molecular formula is C22H21N3O6S. The number of thiophene rings is 1. The van der Waals surface area contributed by atoms with Crippen LogP contribution >= 0.6 is 11.3 Å². The highest BCUT2D eigenvalue weighted by Gasteiger charge is 2.17. The fraction of sp³-hybridized carbons (Fsp3) is 0.227. The second-order valence-corrected chi connectivity index (χ2v) is 7.60. The Bertz CT molecular complexity index is 1190. The Labute approximate surface area is 187 Å². The first-order valence-electron chi connectivity index (χ1n) is 9.65. The van der Waals surface area contributed by atoms with E-state index in [9.17, 15) is 19.2 Å². The van der Waals surface area contributed by atoms with Crippen molar-refractivity contribution in [2.24, 2.45) is 0 Å². The first-order chi connectivity index (χ1) is 15.4. The second kappa shape index (κ2) is 10.5. The number of amides is 1. The molecule has 32 heavy (non-hydrogen) atoms. The van der Waals surface area contributed by atoms with Crippen molar-refractivity contribution in [2.75, 3.05) is 19.5 Å². The van der Waals surface area contributed by atoms with Gasteiger partial charge in [0.15, 0.2) is 0 Å². The Kier molecular flexibility index (Phi) is 7.50. The lowest BCUT2D eigenvalue weighted by Crippen LogP contribution is -2.23. The quantitative estimate of drug-likeness (QED) is 0.519. The minimum absolute atomic E-state index is 0.0699. The summed E-state index contributed by atoms with van der Waals surface area (Å²) in [6.45, 7) is 0.248. The van der Waals surface area contributed by atoms with Crippen LogP contribution in [0.3, 0.4) is 0 Å². The number of nitrogens with one attached hydrogen (secondary N) is 1. The normalized spacial score (nSPS) is 10.4. The molecule has 0 saturated carbocycles. The molecule has 0 radical (unpaired) electrons. The van der Waals surface area contributed by atoms with E-state index in [-0.39, 0.29) is 41.2 Å². The van der Waals surface area contributed by atoms with E-state index < -0.39 is 11.9 Å². The van der Waals surface area contributed by atoms with Gasteiger partial charge in [-0.1, -0.05) is 6.07 Å². The van der Waals surface area contributed by atoms with Crippen molar-refractivity contribution in [3.63, 3.8) is 0 Å². The first-order valence-corrected chi connectivity index (χ1v) is 10.5. The molecule has 0 atom stereocenters. The van der Waals surface area contributed by atoms with Crippen molar-refractivity contribution < 1.29 is 23.9 Å². The molecule has 0 saturated heterocycles. The van der Waals surface area contributed by atoms with Crippen LogP contribution in [-0.2, 0) is 20.8 Å². The number of methoxy groups -OCH3 is 2. The van der Waals surface area contributed by atoms with Crippen LogP contribution in [0.25, 0.3) is 10.6 Å². The molecule has 0 spiro atoms. The molecule has 1 amide bonds. The van der Waals surface area contributed by atoms with Crippen molar-refractivity contribution in [1.29, 1.82) is 0 Å². The van der Waals surface area contributed by atoms with Gasteiger partial charge >= 0.3 is 11.9 Å². The Balaban J connectivity index is 1.67. The Morgan fingerprint density at radius 3 is 2.53 bits per heavy atom. The maximum atomic E-state index is 12.5. The van der Waals surface area contributed by atoms with Crippen molar-refractivity contribution in [2.45, 2.75) is 19.4 Å². The Hall–Kier alpha value is -3.79. The van der Waals surface area contributed by atoms with E-state index in [0.717, 1.165) is 4.88 Å². The molecule has 2 aromatic heterocycles. The first kappa shape index (κ1) is 22.9. The summed E-state index contributed by atoms with van der Waals surface area (Å²) >= 11 is 1.52. The third-order valence-corrected chi connectivity index (χ3v) is 5.43. The number of carbonyl (C=O) groups is 3.